The summed E-state index contributed by atoms with van der Waals surface area (Å²) in [5.41, 5.74) is 7.55. The Morgan fingerprint density at radius 3 is 3.00 bits per heavy atom. The zero-order chi connectivity index (χ0) is 15.7. The number of ether oxygens (including phenoxy) is 1. The highest BCUT2D eigenvalue weighted by Gasteiger charge is 2.25. The SMILES string of the molecule is Cl.NCCc1c[nH]c(=S)n1C1COc2ccc([N+](=O)[O-])cc2C1. The number of nitrogens with zero attached hydrogens (tertiary/aromatic N) is 2. The monoisotopic (exact) mass is 356 g/mol. The van der Waals surface area contributed by atoms with Gasteiger partial charge in [-0.3, -0.25) is 10.1 Å². The van der Waals surface area contributed by atoms with Gasteiger partial charge in [0.25, 0.3) is 5.69 Å². The molecule has 1 aromatic carbocycles. The molecule has 1 unspecified atom stereocenters. The largest absolute Gasteiger partial charge is 0.491 e. The number of hydrogen-bond acceptors (Lipinski definition) is 5. The first-order valence-corrected chi connectivity index (χ1v) is 7.40. The van der Waals surface area contributed by atoms with Crippen LogP contribution in [0, 0.1) is 14.9 Å². The fraction of sp³-hybridized carbons (Fsp3) is 0.357. The van der Waals surface area contributed by atoms with E-state index < -0.39 is 4.92 Å². The van der Waals surface area contributed by atoms with Crippen LogP contribution in [0.2, 0.25) is 0 Å². The zero-order valence-corrected chi connectivity index (χ0v) is 13.9. The van der Waals surface area contributed by atoms with E-state index in [2.05, 4.69) is 4.98 Å². The van der Waals surface area contributed by atoms with Crippen molar-refractivity contribution in [2.75, 3.05) is 13.2 Å². The first kappa shape index (κ1) is 17.5. The van der Waals surface area contributed by atoms with Gasteiger partial charge in [0, 0.05) is 42.4 Å². The third-order valence-corrected chi connectivity index (χ3v) is 4.11. The molecular formula is C14H17ClN4O3S. The average molecular weight is 357 g/mol. The molecule has 3 rings (SSSR count). The number of H-pyrrole nitrogens is 1. The van der Waals surface area contributed by atoms with Gasteiger partial charge < -0.3 is 20.0 Å². The summed E-state index contributed by atoms with van der Waals surface area (Å²) in [5.74, 6) is 0.698. The molecule has 0 bridgehead atoms. The summed E-state index contributed by atoms with van der Waals surface area (Å²) in [7, 11) is 0. The highest BCUT2D eigenvalue weighted by molar-refractivity contribution is 7.71. The number of non-ortho nitro benzene ring substituents is 1. The van der Waals surface area contributed by atoms with Gasteiger partial charge in [0.2, 0.25) is 0 Å². The Balaban J connectivity index is 0.00000192. The Bertz CT molecular complexity index is 774. The average Bonchev–Trinajstić information content (AvgIpc) is 2.87. The third-order valence-electron chi connectivity index (χ3n) is 3.80. The number of nitro groups is 1. The molecule has 23 heavy (non-hydrogen) atoms. The maximum atomic E-state index is 10.9. The Labute approximate surface area is 144 Å². The number of aromatic nitrogens is 2. The molecule has 0 amide bonds. The number of nitrogens with two attached hydrogens (primary N) is 1. The number of imidazole rings is 1. The van der Waals surface area contributed by atoms with E-state index in [4.69, 9.17) is 22.7 Å². The van der Waals surface area contributed by atoms with Crippen LogP contribution in [0.5, 0.6) is 5.75 Å². The summed E-state index contributed by atoms with van der Waals surface area (Å²) < 4.78 is 8.37. The standard InChI is InChI=1S/C14H16N4O3S.ClH/c15-4-3-11-7-16-14(22)17(11)12-6-9-5-10(18(19)20)1-2-13(9)21-8-12;/h1-2,5,7,12H,3-4,6,8,15H2,(H,16,22);1H. The van der Waals surface area contributed by atoms with Crippen LogP contribution in [0.1, 0.15) is 17.3 Å². The van der Waals surface area contributed by atoms with Crippen molar-refractivity contribution in [1.82, 2.24) is 9.55 Å². The number of rotatable bonds is 4. The Morgan fingerprint density at radius 2 is 2.30 bits per heavy atom. The minimum absolute atomic E-state index is 0. The topological polar surface area (TPSA) is 99.1 Å². The molecule has 0 fully saturated rings. The number of nitro benzene ring substituents is 1. The first-order chi connectivity index (χ1) is 10.6. The Hall–Kier alpha value is -1.90. The Morgan fingerprint density at radius 1 is 1.52 bits per heavy atom. The van der Waals surface area contributed by atoms with Crippen molar-refractivity contribution in [3.8, 4) is 5.75 Å². The van der Waals surface area contributed by atoms with Gasteiger partial charge in [0.1, 0.15) is 12.4 Å². The number of aromatic amines is 1. The molecule has 0 saturated heterocycles. The van der Waals surface area contributed by atoms with Crippen LogP contribution in [-0.2, 0) is 12.8 Å². The molecule has 1 aliphatic heterocycles. The molecule has 1 aliphatic rings. The second kappa shape index (κ2) is 7.12. The number of hydrogen-bond donors (Lipinski definition) is 2. The number of nitrogens with one attached hydrogen (secondary N) is 1. The van der Waals surface area contributed by atoms with Crippen molar-refractivity contribution in [1.29, 1.82) is 0 Å². The quantitative estimate of drug-likeness (QED) is 0.498. The maximum absolute atomic E-state index is 10.9. The lowest BCUT2D eigenvalue weighted by molar-refractivity contribution is -0.385. The Kier molecular flexibility index (Phi) is 5.40. The molecular weight excluding hydrogens is 340 g/mol. The van der Waals surface area contributed by atoms with E-state index in [0.717, 1.165) is 11.3 Å². The molecule has 0 aliphatic carbocycles. The summed E-state index contributed by atoms with van der Waals surface area (Å²) in [4.78, 5) is 13.5. The van der Waals surface area contributed by atoms with Gasteiger partial charge in [-0.2, -0.15) is 0 Å². The van der Waals surface area contributed by atoms with Crippen LogP contribution in [0.3, 0.4) is 0 Å². The maximum Gasteiger partial charge on any atom is 0.269 e. The van der Waals surface area contributed by atoms with Gasteiger partial charge in [0.15, 0.2) is 4.77 Å². The van der Waals surface area contributed by atoms with Gasteiger partial charge in [-0.25, -0.2) is 0 Å². The summed E-state index contributed by atoms with van der Waals surface area (Å²) in [6.07, 6.45) is 3.21. The summed E-state index contributed by atoms with van der Waals surface area (Å²) in [6.45, 7) is 1.01. The van der Waals surface area contributed by atoms with Crippen LogP contribution < -0.4 is 10.5 Å². The predicted octanol–water partition coefficient (Wildman–Crippen LogP) is 2.55. The van der Waals surface area contributed by atoms with Gasteiger partial charge in [-0.05, 0) is 24.8 Å². The lowest BCUT2D eigenvalue weighted by Gasteiger charge is -2.27. The van der Waals surface area contributed by atoms with E-state index >= 15 is 0 Å². The van der Waals surface area contributed by atoms with E-state index in [1.807, 2.05) is 10.8 Å². The molecule has 7 nitrogen and oxygen atoms in total. The van der Waals surface area contributed by atoms with Crippen molar-refractivity contribution in [2.45, 2.75) is 18.9 Å². The normalized spacial score (nSPS) is 16.1. The van der Waals surface area contributed by atoms with Crippen molar-refractivity contribution in [3.63, 3.8) is 0 Å². The first-order valence-electron chi connectivity index (χ1n) is 6.99. The summed E-state index contributed by atoms with van der Waals surface area (Å²) in [5, 5.41) is 10.9. The molecule has 0 spiro atoms. The highest BCUT2D eigenvalue weighted by atomic mass is 35.5. The summed E-state index contributed by atoms with van der Waals surface area (Å²) in [6, 6.07) is 4.69. The van der Waals surface area contributed by atoms with E-state index in [-0.39, 0.29) is 24.1 Å². The molecule has 2 heterocycles. The second-order valence-corrected chi connectivity index (χ2v) is 5.60. The van der Waals surface area contributed by atoms with Crippen molar-refractivity contribution in [3.05, 3.63) is 50.5 Å². The lowest BCUT2D eigenvalue weighted by atomic mass is 10.0. The zero-order valence-electron chi connectivity index (χ0n) is 12.2. The van der Waals surface area contributed by atoms with Crippen molar-refractivity contribution < 1.29 is 9.66 Å². The number of halogens is 1. The third kappa shape index (κ3) is 3.39. The molecule has 0 saturated carbocycles. The fourth-order valence-corrected chi connectivity index (χ4v) is 3.12. The second-order valence-electron chi connectivity index (χ2n) is 5.21. The van der Waals surface area contributed by atoms with Gasteiger partial charge in [0.05, 0.1) is 11.0 Å². The van der Waals surface area contributed by atoms with Gasteiger partial charge in [-0.15, -0.1) is 12.4 Å². The van der Waals surface area contributed by atoms with Crippen LogP contribution in [-0.4, -0.2) is 27.6 Å². The van der Waals surface area contributed by atoms with Gasteiger partial charge in [-0.1, -0.05) is 0 Å². The van der Waals surface area contributed by atoms with E-state index in [1.54, 1.807) is 12.1 Å². The predicted molar refractivity (Wildman–Crippen MR) is 91.0 cm³/mol. The van der Waals surface area contributed by atoms with Crippen molar-refractivity contribution in [2.24, 2.45) is 5.73 Å². The molecule has 1 aromatic heterocycles. The molecule has 9 heteroatoms. The smallest absolute Gasteiger partial charge is 0.269 e. The van der Waals surface area contributed by atoms with Crippen LogP contribution in [0.25, 0.3) is 0 Å². The van der Waals surface area contributed by atoms with Crippen LogP contribution >= 0.6 is 24.6 Å². The summed E-state index contributed by atoms with van der Waals surface area (Å²) >= 11 is 5.34. The molecule has 124 valence electrons. The molecule has 2 aromatic rings. The minimum atomic E-state index is -0.397. The van der Waals surface area contributed by atoms with E-state index in [0.29, 0.717) is 36.5 Å². The lowest BCUT2D eigenvalue weighted by Crippen LogP contribution is -2.26. The molecule has 3 N–H and O–H groups in total. The van der Waals surface area contributed by atoms with Gasteiger partial charge >= 0.3 is 0 Å². The van der Waals surface area contributed by atoms with Crippen molar-refractivity contribution >= 4 is 30.3 Å². The fourth-order valence-electron chi connectivity index (χ4n) is 2.80. The van der Waals surface area contributed by atoms with E-state index in [1.165, 1.54) is 6.07 Å². The number of fused-ring (bicyclic) bond motifs is 1. The minimum Gasteiger partial charge on any atom is -0.491 e. The van der Waals surface area contributed by atoms with E-state index in [9.17, 15) is 10.1 Å². The van der Waals surface area contributed by atoms with Crippen LogP contribution in [0.15, 0.2) is 24.4 Å². The highest BCUT2D eigenvalue weighted by Crippen LogP contribution is 2.33. The molecule has 1 atom stereocenters. The molecule has 0 radical (unpaired) electrons. The van der Waals surface area contributed by atoms with Crippen LogP contribution in [0.4, 0.5) is 5.69 Å². The number of benzene rings is 1.